The van der Waals surface area contributed by atoms with E-state index in [4.69, 9.17) is 4.74 Å². The first-order valence-corrected chi connectivity index (χ1v) is 10.0. The van der Waals surface area contributed by atoms with Gasteiger partial charge in [0, 0.05) is 17.9 Å². The van der Waals surface area contributed by atoms with Crippen LogP contribution in [-0.2, 0) is 9.53 Å². The lowest BCUT2D eigenvalue weighted by atomic mass is 10.2. The van der Waals surface area contributed by atoms with Crippen LogP contribution in [0, 0.1) is 0 Å². The highest BCUT2D eigenvalue weighted by atomic mass is 32.2. The van der Waals surface area contributed by atoms with Crippen molar-refractivity contribution in [2.75, 3.05) is 17.7 Å². The van der Waals surface area contributed by atoms with Gasteiger partial charge in [-0.25, -0.2) is 9.78 Å². The molecule has 0 saturated carbocycles. The Balaban J connectivity index is 1.47. The molecule has 3 aromatic rings. The third kappa shape index (κ3) is 4.83. The fourth-order valence-electron chi connectivity index (χ4n) is 2.27. The first kappa shape index (κ1) is 18.4. The number of nitrogens with one attached hydrogen (secondary N) is 1. The van der Waals surface area contributed by atoms with Crippen molar-refractivity contribution in [2.24, 2.45) is 0 Å². The highest BCUT2D eigenvalue weighted by Gasteiger charge is 2.08. The SMILES string of the molecule is CCOC(=O)c1ccc(NC(=O)CCSc2nc3ccccc3s2)cc1. The van der Waals surface area contributed by atoms with Gasteiger partial charge in [-0.15, -0.1) is 11.3 Å². The Labute approximate surface area is 159 Å². The number of nitrogens with zero attached hydrogens (tertiary/aromatic N) is 1. The molecular formula is C19H18N2O3S2. The molecule has 1 N–H and O–H groups in total. The maximum absolute atomic E-state index is 12.1. The van der Waals surface area contributed by atoms with Crippen LogP contribution in [0.1, 0.15) is 23.7 Å². The molecule has 0 atom stereocenters. The Bertz CT molecular complexity index is 874. The van der Waals surface area contributed by atoms with Crippen LogP contribution in [0.4, 0.5) is 5.69 Å². The molecule has 0 spiro atoms. The zero-order valence-corrected chi connectivity index (χ0v) is 15.9. The Kier molecular flexibility index (Phi) is 6.25. The van der Waals surface area contributed by atoms with Gasteiger partial charge >= 0.3 is 5.97 Å². The van der Waals surface area contributed by atoms with Crippen LogP contribution in [0.25, 0.3) is 10.2 Å². The number of amides is 1. The molecule has 0 bridgehead atoms. The Morgan fingerprint density at radius 1 is 1.15 bits per heavy atom. The largest absolute Gasteiger partial charge is 0.462 e. The van der Waals surface area contributed by atoms with Gasteiger partial charge < -0.3 is 10.1 Å². The maximum atomic E-state index is 12.1. The van der Waals surface area contributed by atoms with E-state index < -0.39 is 0 Å². The monoisotopic (exact) mass is 386 g/mol. The molecule has 3 rings (SSSR count). The van der Waals surface area contributed by atoms with Crippen molar-refractivity contribution < 1.29 is 14.3 Å². The van der Waals surface area contributed by atoms with Crippen LogP contribution in [0.2, 0.25) is 0 Å². The van der Waals surface area contributed by atoms with Crippen LogP contribution in [-0.4, -0.2) is 29.2 Å². The van der Waals surface area contributed by atoms with Crippen molar-refractivity contribution in [3.05, 3.63) is 54.1 Å². The van der Waals surface area contributed by atoms with Gasteiger partial charge in [0.15, 0.2) is 4.34 Å². The van der Waals surface area contributed by atoms with Gasteiger partial charge in [0.25, 0.3) is 0 Å². The third-order valence-corrected chi connectivity index (χ3v) is 5.69. The number of esters is 1. The van der Waals surface area contributed by atoms with Crippen molar-refractivity contribution >= 4 is 50.9 Å². The smallest absolute Gasteiger partial charge is 0.338 e. The minimum absolute atomic E-state index is 0.0671. The normalized spacial score (nSPS) is 10.7. The number of thiazole rings is 1. The lowest BCUT2D eigenvalue weighted by Crippen LogP contribution is -2.12. The fraction of sp³-hybridized carbons (Fsp3) is 0.211. The van der Waals surface area contributed by atoms with Gasteiger partial charge in [0.1, 0.15) is 0 Å². The average molecular weight is 386 g/mol. The second-order valence-electron chi connectivity index (χ2n) is 5.39. The van der Waals surface area contributed by atoms with Gasteiger partial charge in [-0.3, -0.25) is 4.79 Å². The topological polar surface area (TPSA) is 68.3 Å². The maximum Gasteiger partial charge on any atom is 0.338 e. The summed E-state index contributed by atoms with van der Waals surface area (Å²) in [5.41, 5.74) is 2.12. The molecule has 7 heteroatoms. The van der Waals surface area contributed by atoms with Gasteiger partial charge in [0.2, 0.25) is 5.91 Å². The van der Waals surface area contributed by atoms with Crippen LogP contribution in [0.5, 0.6) is 0 Å². The Morgan fingerprint density at radius 2 is 1.92 bits per heavy atom. The molecule has 0 unspecified atom stereocenters. The van der Waals surface area contributed by atoms with E-state index in [-0.39, 0.29) is 11.9 Å². The van der Waals surface area contributed by atoms with E-state index in [1.165, 1.54) is 0 Å². The first-order chi connectivity index (χ1) is 12.7. The van der Waals surface area contributed by atoms with Crippen molar-refractivity contribution in [1.82, 2.24) is 4.98 Å². The van der Waals surface area contributed by atoms with Gasteiger partial charge in [-0.1, -0.05) is 23.9 Å². The number of carbonyl (C=O) groups excluding carboxylic acids is 2. The predicted octanol–water partition coefficient (Wildman–Crippen LogP) is 4.59. The molecule has 1 aromatic heterocycles. The second kappa shape index (κ2) is 8.82. The number of aromatic nitrogens is 1. The number of carbonyl (C=O) groups is 2. The second-order valence-corrected chi connectivity index (χ2v) is 7.76. The van der Waals surface area contributed by atoms with E-state index in [0.29, 0.717) is 30.0 Å². The number of anilines is 1. The molecule has 0 fully saturated rings. The molecule has 0 radical (unpaired) electrons. The third-order valence-electron chi connectivity index (χ3n) is 3.51. The van der Waals surface area contributed by atoms with Crippen LogP contribution in [0.15, 0.2) is 52.9 Å². The summed E-state index contributed by atoms with van der Waals surface area (Å²) in [6, 6.07) is 14.7. The molecule has 0 aliphatic rings. The first-order valence-electron chi connectivity index (χ1n) is 8.21. The molecule has 0 saturated heterocycles. The van der Waals surface area contributed by atoms with Gasteiger partial charge in [-0.2, -0.15) is 0 Å². The number of thioether (sulfide) groups is 1. The summed E-state index contributed by atoms with van der Waals surface area (Å²) in [7, 11) is 0. The minimum Gasteiger partial charge on any atom is -0.462 e. The Morgan fingerprint density at radius 3 is 2.65 bits per heavy atom. The molecule has 26 heavy (non-hydrogen) atoms. The highest BCUT2D eigenvalue weighted by molar-refractivity contribution is 8.01. The van der Waals surface area contributed by atoms with E-state index in [2.05, 4.69) is 10.3 Å². The number of hydrogen-bond donors (Lipinski definition) is 1. The highest BCUT2D eigenvalue weighted by Crippen LogP contribution is 2.29. The molecule has 5 nitrogen and oxygen atoms in total. The van der Waals surface area contributed by atoms with Crippen LogP contribution in [0.3, 0.4) is 0 Å². The van der Waals surface area contributed by atoms with E-state index in [1.54, 1.807) is 54.3 Å². The van der Waals surface area contributed by atoms with Crippen molar-refractivity contribution in [3.8, 4) is 0 Å². The number of para-hydroxylation sites is 1. The number of fused-ring (bicyclic) bond motifs is 1. The predicted molar refractivity (Wildman–Crippen MR) is 106 cm³/mol. The lowest BCUT2D eigenvalue weighted by molar-refractivity contribution is -0.115. The summed E-state index contributed by atoms with van der Waals surface area (Å²) in [5, 5.41) is 2.83. The van der Waals surface area contributed by atoms with Crippen molar-refractivity contribution in [2.45, 2.75) is 17.7 Å². The molecular weight excluding hydrogens is 368 g/mol. The number of ether oxygens (including phenoxy) is 1. The molecule has 0 aliphatic heterocycles. The summed E-state index contributed by atoms with van der Waals surface area (Å²) in [4.78, 5) is 28.2. The summed E-state index contributed by atoms with van der Waals surface area (Å²) in [6.45, 7) is 2.10. The Hall–Kier alpha value is -2.38. The average Bonchev–Trinajstić information content (AvgIpc) is 3.05. The number of rotatable bonds is 7. The van der Waals surface area contributed by atoms with Crippen LogP contribution >= 0.6 is 23.1 Å². The summed E-state index contributed by atoms with van der Waals surface area (Å²) < 4.78 is 7.06. The molecule has 1 amide bonds. The summed E-state index contributed by atoms with van der Waals surface area (Å²) in [5.74, 6) is 0.229. The molecule has 1 heterocycles. The zero-order valence-electron chi connectivity index (χ0n) is 14.2. The van der Waals surface area contributed by atoms with E-state index in [9.17, 15) is 9.59 Å². The number of hydrogen-bond acceptors (Lipinski definition) is 6. The van der Waals surface area contributed by atoms with Crippen LogP contribution < -0.4 is 5.32 Å². The number of benzene rings is 2. The fourth-order valence-corrected chi connectivity index (χ4v) is 4.35. The lowest BCUT2D eigenvalue weighted by Gasteiger charge is -2.06. The van der Waals surface area contributed by atoms with Gasteiger partial charge in [0.05, 0.1) is 22.4 Å². The van der Waals surface area contributed by atoms with E-state index in [0.717, 1.165) is 14.6 Å². The quantitative estimate of drug-likeness (QED) is 0.475. The van der Waals surface area contributed by atoms with E-state index in [1.807, 2.05) is 24.3 Å². The molecule has 2 aromatic carbocycles. The zero-order chi connectivity index (χ0) is 18.4. The van der Waals surface area contributed by atoms with Crippen molar-refractivity contribution in [3.63, 3.8) is 0 Å². The summed E-state index contributed by atoms with van der Waals surface area (Å²) in [6.07, 6.45) is 0.389. The van der Waals surface area contributed by atoms with E-state index >= 15 is 0 Å². The van der Waals surface area contributed by atoms with Gasteiger partial charge in [-0.05, 0) is 43.3 Å². The molecule has 0 aliphatic carbocycles. The minimum atomic E-state index is -0.363. The standard InChI is InChI=1S/C19H18N2O3S2/c1-2-24-18(23)13-7-9-14(10-8-13)20-17(22)11-12-25-19-21-15-5-3-4-6-16(15)26-19/h3-10H,2,11-12H2,1H3,(H,20,22). The summed E-state index contributed by atoms with van der Waals surface area (Å²) >= 11 is 3.22. The molecule has 134 valence electrons. The van der Waals surface area contributed by atoms with Crippen molar-refractivity contribution in [1.29, 1.82) is 0 Å².